The Morgan fingerprint density at radius 2 is 1.92 bits per heavy atom. The van der Waals surface area contributed by atoms with Crippen molar-refractivity contribution in [3.8, 4) is 5.75 Å². The summed E-state index contributed by atoms with van der Waals surface area (Å²) >= 11 is 0. The Morgan fingerprint density at radius 3 is 2.62 bits per heavy atom. The molecular formula is C22H29N6O8P. The number of nitrogens with one attached hydrogen (secondary N) is 1. The molecule has 1 aliphatic heterocycles. The molecule has 37 heavy (non-hydrogen) atoms. The van der Waals surface area contributed by atoms with E-state index in [1.807, 2.05) is 0 Å². The summed E-state index contributed by atoms with van der Waals surface area (Å²) in [6, 6.07) is 7.17. The number of imidazole rings is 1. The van der Waals surface area contributed by atoms with Crippen molar-refractivity contribution in [3.05, 3.63) is 43.0 Å². The van der Waals surface area contributed by atoms with Crippen molar-refractivity contribution in [2.75, 3.05) is 12.3 Å². The summed E-state index contributed by atoms with van der Waals surface area (Å²) in [5, 5.41) is 23.9. The third kappa shape index (κ3) is 6.06. The lowest BCUT2D eigenvalue weighted by atomic mass is 10.1. The Bertz CT molecular complexity index is 1270. The molecule has 3 aromatic rings. The summed E-state index contributed by atoms with van der Waals surface area (Å²) in [6.07, 6.45) is -2.82. The number of aromatic nitrogens is 4. The molecule has 0 amide bonds. The molecule has 2 aromatic heterocycles. The quantitative estimate of drug-likeness (QED) is 0.213. The van der Waals surface area contributed by atoms with Crippen LogP contribution in [0.3, 0.4) is 0 Å². The molecule has 14 nitrogen and oxygen atoms in total. The molecule has 0 saturated carbocycles. The molecule has 0 radical (unpaired) electrons. The van der Waals surface area contributed by atoms with Gasteiger partial charge in [0.1, 0.15) is 41.9 Å². The Balaban J connectivity index is 1.50. The third-order valence-corrected chi connectivity index (χ3v) is 7.08. The zero-order valence-corrected chi connectivity index (χ0v) is 21.3. The summed E-state index contributed by atoms with van der Waals surface area (Å²) in [5.41, 5.74) is 6.42. The van der Waals surface area contributed by atoms with Crippen molar-refractivity contribution in [1.29, 1.82) is 0 Å². The van der Waals surface area contributed by atoms with E-state index < -0.39 is 50.9 Å². The summed E-state index contributed by atoms with van der Waals surface area (Å²) in [7, 11) is -4.20. The predicted octanol–water partition coefficient (Wildman–Crippen LogP) is 1.16. The van der Waals surface area contributed by atoms with E-state index in [-0.39, 0.29) is 17.7 Å². The number of hydrogen-bond acceptors (Lipinski definition) is 12. The lowest BCUT2D eigenvalue weighted by Gasteiger charge is -2.25. The fraction of sp³-hybridized carbons (Fsp3) is 0.455. The summed E-state index contributed by atoms with van der Waals surface area (Å²) in [4.78, 5) is 24.4. The number of fused-ring (bicyclic) bond motifs is 1. The van der Waals surface area contributed by atoms with Gasteiger partial charge < -0.3 is 29.9 Å². The number of carbonyl (C=O) groups excluding carboxylic acids is 1. The van der Waals surface area contributed by atoms with Crippen molar-refractivity contribution in [2.24, 2.45) is 0 Å². The molecule has 5 N–H and O–H groups in total. The lowest BCUT2D eigenvalue weighted by Crippen LogP contribution is -2.38. The molecule has 0 aliphatic carbocycles. The third-order valence-electron chi connectivity index (χ3n) is 5.43. The second kappa shape index (κ2) is 11.1. The van der Waals surface area contributed by atoms with E-state index in [0.29, 0.717) is 11.2 Å². The first-order valence-electron chi connectivity index (χ1n) is 11.5. The van der Waals surface area contributed by atoms with E-state index in [1.54, 1.807) is 44.2 Å². The molecule has 1 aromatic carbocycles. The van der Waals surface area contributed by atoms with E-state index in [1.165, 1.54) is 24.1 Å². The predicted molar refractivity (Wildman–Crippen MR) is 130 cm³/mol. The summed E-state index contributed by atoms with van der Waals surface area (Å²) < 4.78 is 37.2. The van der Waals surface area contributed by atoms with Crippen molar-refractivity contribution < 1.29 is 38.1 Å². The van der Waals surface area contributed by atoms with Gasteiger partial charge in [-0.05, 0) is 32.9 Å². The minimum atomic E-state index is -4.20. The summed E-state index contributed by atoms with van der Waals surface area (Å²) in [6.45, 7) is 4.37. The Labute approximate surface area is 212 Å². The number of ether oxygens (including phenoxy) is 2. The number of nitrogen functional groups attached to an aromatic ring is 1. The number of carbonyl (C=O) groups is 1. The number of nitrogens with two attached hydrogens (primary N) is 1. The normalized spacial score (nSPS) is 24.2. The van der Waals surface area contributed by atoms with Crippen LogP contribution in [0.25, 0.3) is 11.2 Å². The number of aliphatic hydroxyl groups is 2. The maximum absolute atomic E-state index is 13.6. The van der Waals surface area contributed by atoms with Gasteiger partial charge in [0.15, 0.2) is 17.7 Å². The highest BCUT2D eigenvalue weighted by molar-refractivity contribution is 7.52. The van der Waals surface area contributed by atoms with E-state index in [4.69, 9.17) is 24.3 Å². The van der Waals surface area contributed by atoms with E-state index in [9.17, 15) is 19.6 Å². The second-order valence-electron chi connectivity index (χ2n) is 8.66. The second-order valence-corrected chi connectivity index (χ2v) is 10.4. The fourth-order valence-electron chi connectivity index (χ4n) is 3.66. The molecule has 1 fully saturated rings. The highest BCUT2D eigenvalue weighted by Crippen LogP contribution is 2.46. The standard InChI is InChI=1S/C22H29N6O8P/c1-12(2)34-22(31)13(3)27-37(32,36-14-7-5-4-6-8-14)33-9-15-17(29)18(30)21(35-15)28-11-26-16-19(23)24-10-25-20(16)28/h4-8,10-13,15,17-18,21,29-30H,9H2,1-3H3,(H,27,32)(H2,23,24,25)/t13-,15-,17-,18+,21-,37+/m1/s1. The van der Waals surface area contributed by atoms with Gasteiger partial charge in [-0.3, -0.25) is 13.9 Å². The van der Waals surface area contributed by atoms with Gasteiger partial charge in [0.2, 0.25) is 0 Å². The van der Waals surface area contributed by atoms with Crippen LogP contribution in [0, 0.1) is 0 Å². The van der Waals surface area contributed by atoms with Crippen molar-refractivity contribution >= 4 is 30.7 Å². The monoisotopic (exact) mass is 536 g/mol. The zero-order chi connectivity index (χ0) is 26.7. The van der Waals surface area contributed by atoms with Crippen LogP contribution in [-0.2, 0) is 23.4 Å². The molecule has 3 heterocycles. The van der Waals surface area contributed by atoms with Crippen LogP contribution in [0.4, 0.5) is 5.82 Å². The molecule has 6 atom stereocenters. The molecule has 0 bridgehead atoms. The van der Waals surface area contributed by atoms with Gasteiger partial charge in [-0.1, -0.05) is 18.2 Å². The zero-order valence-electron chi connectivity index (χ0n) is 20.4. The maximum atomic E-state index is 13.6. The van der Waals surface area contributed by atoms with Crippen molar-refractivity contribution in [1.82, 2.24) is 24.6 Å². The van der Waals surface area contributed by atoms with Crippen LogP contribution >= 0.6 is 7.75 Å². The van der Waals surface area contributed by atoms with Gasteiger partial charge in [0, 0.05) is 0 Å². The Kier molecular flexibility index (Phi) is 8.07. The largest absolute Gasteiger partial charge is 0.462 e. The number of esters is 1. The average Bonchev–Trinajstić information content (AvgIpc) is 3.40. The number of benzene rings is 1. The first-order chi connectivity index (χ1) is 17.6. The number of anilines is 1. The van der Waals surface area contributed by atoms with Crippen LogP contribution in [-0.4, -0.2) is 72.8 Å². The van der Waals surface area contributed by atoms with Crippen LogP contribution < -0.4 is 15.3 Å². The van der Waals surface area contributed by atoms with Gasteiger partial charge in [-0.25, -0.2) is 19.5 Å². The molecule has 4 rings (SSSR count). The molecule has 1 aliphatic rings. The van der Waals surface area contributed by atoms with E-state index in [0.717, 1.165) is 0 Å². The maximum Gasteiger partial charge on any atom is 0.459 e. The number of rotatable bonds is 10. The molecule has 200 valence electrons. The summed E-state index contributed by atoms with van der Waals surface area (Å²) in [5.74, 6) is -0.293. The SMILES string of the molecule is CC(C)OC(=O)[C@@H](C)N[P@](=O)(OC[C@H]1O[C@@H](n2cnc3c(N)ncnc32)[C@@H](O)[C@@H]1O)Oc1ccccc1. The van der Waals surface area contributed by atoms with E-state index >= 15 is 0 Å². The Morgan fingerprint density at radius 1 is 1.19 bits per heavy atom. The van der Waals surface area contributed by atoms with Gasteiger partial charge in [-0.15, -0.1) is 0 Å². The number of para-hydroxylation sites is 1. The molecule has 0 unspecified atom stereocenters. The van der Waals surface area contributed by atoms with Crippen molar-refractivity contribution in [3.63, 3.8) is 0 Å². The van der Waals surface area contributed by atoms with Crippen molar-refractivity contribution in [2.45, 2.75) is 57.5 Å². The highest BCUT2D eigenvalue weighted by Gasteiger charge is 2.46. The molecule has 1 saturated heterocycles. The Hall–Kier alpha value is -3.13. The van der Waals surface area contributed by atoms with Gasteiger partial charge in [-0.2, -0.15) is 5.09 Å². The number of aliphatic hydroxyl groups excluding tert-OH is 2. The van der Waals surface area contributed by atoms with Gasteiger partial charge in [0.05, 0.1) is 19.0 Å². The van der Waals surface area contributed by atoms with Crippen LogP contribution in [0.5, 0.6) is 5.75 Å². The lowest BCUT2D eigenvalue weighted by molar-refractivity contribution is -0.149. The average molecular weight is 536 g/mol. The van der Waals surface area contributed by atoms with Gasteiger partial charge in [0.25, 0.3) is 0 Å². The molecule has 15 heteroatoms. The van der Waals surface area contributed by atoms with E-state index in [2.05, 4.69) is 20.0 Å². The number of hydrogen-bond donors (Lipinski definition) is 4. The minimum absolute atomic E-state index is 0.145. The highest BCUT2D eigenvalue weighted by atomic mass is 31.2. The minimum Gasteiger partial charge on any atom is -0.462 e. The van der Waals surface area contributed by atoms with Crippen LogP contribution in [0.1, 0.15) is 27.0 Å². The topological polar surface area (TPSA) is 193 Å². The fourth-order valence-corrected chi connectivity index (χ4v) is 5.16. The van der Waals surface area contributed by atoms with Crippen LogP contribution in [0.15, 0.2) is 43.0 Å². The van der Waals surface area contributed by atoms with Crippen LogP contribution in [0.2, 0.25) is 0 Å². The molecular weight excluding hydrogens is 507 g/mol. The molecule has 0 spiro atoms. The van der Waals surface area contributed by atoms with Gasteiger partial charge >= 0.3 is 13.7 Å². The first kappa shape index (κ1) is 26.9. The number of nitrogens with zero attached hydrogens (tertiary/aromatic N) is 4. The smallest absolute Gasteiger partial charge is 0.459 e. The first-order valence-corrected chi connectivity index (χ1v) is 13.0.